The summed E-state index contributed by atoms with van der Waals surface area (Å²) in [5.41, 5.74) is 6.09. The second-order valence-corrected chi connectivity index (χ2v) is 6.03. The molecule has 0 saturated carbocycles. The lowest BCUT2D eigenvalue weighted by atomic mass is 10.1. The number of fused-ring (bicyclic) bond motifs is 3. The third-order valence-electron chi connectivity index (χ3n) is 4.10. The molecule has 1 N–H and O–H groups in total. The number of hydrogen-bond acceptors (Lipinski definition) is 4. The molecule has 0 unspecified atom stereocenters. The number of hydrogen-bond donors (Lipinski definition) is 1. The van der Waals surface area contributed by atoms with Crippen molar-refractivity contribution < 1.29 is 0 Å². The number of aromatic amines is 1. The van der Waals surface area contributed by atoms with Crippen LogP contribution in [0.4, 0.5) is 11.4 Å². The molecule has 4 rings (SSSR count). The second kappa shape index (κ2) is 6.70. The van der Waals surface area contributed by atoms with E-state index in [9.17, 15) is 0 Å². The average molecular weight is 354 g/mol. The average Bonchev–Trinajstić information content (AvgIpc) is 3.04. The third-order valence-corrected chi connectivity index (χ3v) is 4.10. The van der Waals surface area contributed by atoms with E-state index in [1.54, 1.807) is 6.33 Å². The van der Waals surface area contributed by atoms with Crippen LogP contribution in [0, 0.1) is 6.92 Å². The maximum Gasteiger partial charge on any atom is 0.0932 e. The van der Waals surface area contributed by atoms with Gasteiger partial charge in [-0.3, -0.25) is 9.99 Å². The highest BCUT2D eigenvalue weighted by molar-refractivity contribution is 6.10. The van der Waals surface area contributed by atoms with Gasteiger partial charge in [-0.1, -0.05) is 18.2 Å². The Morgan fingerprint density at radius 2 is 1.68 bits per heavy atom. The molecule has 4 aromatic rings. The number of nitrogens with zero attached hydrogens (tertiary/aromatic N) is 4. The number of imidazole rings is 1. The first kappa shape index (κ1) is 17.2. The molecule has 2 aromatic carbocycles. The molecule has 0 amide bonds. The van der Waals surface area contributed by atoms with Crippen molar-refractivity contribution >= 4 is 45.7 Å². The lowest BCUT2D eigenvalue weighted by Crippen LogP contribution is -2.32. The summed E-state index contributed by atoms with van der Waals surface area (Å²) in [6.45, 7) is 2.03. The molecule has 6 heteroatoms. The summed E-state index contributed by atoms with van der Waals surface area (Å²) in [5, 5.41) is 5.35. The van der Waals surface area contributed by atoms with Gasteiger partial charge in [-0.05, 0) is 37.3 Å². The monoisotopic (exact) mass is 353 g/mol. The number of rotatable bonds is 3. The molecule has 0 saturated heterocycles. The second-order valence-electron chi connectivity index (χ2n) is 6.03. The van der Waals surface area contributed by atoms with Gasteiger partial charge < -0.3 is 4.98 Å². The zero-order valence-corrected chi connectivity index (χ0v) is 15.2. The standard InChI is InChI=1S/C19H19N5.ClH/c1-13-11-17(24(23(2)3)14-7-5-4-6-8-14)18-15(22-13)9-10-16-19(18)21-12-20-16;/h4-12H,1-3H3,(H,20,21);1H. The van der Waals surface area contributed by atoms with E-state index in [0.717, 1.165) is 39.0 Å². The number of H-pyrrole nitrogens is 1. The first-order valence-corrected chi connectivity index (χ1v) is 7.91. The van der Waals surface area contributed by atoms with Gasteiger partial charge in [-0.2, -0.15) is 0 Å². The number of pyridine rings is 1. The summed E-state index contributed by atoms with van der Waals surface area (Å²) >= 11 is 0. The van der Waals surface area contributed by atoms with E-state index in [4.69, 9.17) is 4.98 Å². The van der Waals surface area contributed by atoms with E-state index in [1.807, 2.05) is 51.4 Å². The van der Waals surface area contributed by atoms with Crippen LogP contribution in [-0.4, -0.2) is 34.1 Å². The highest BCUT2D eigenvalue weighted by atomic mass is 35.5. The summed E-state index contributed by atoms with van der Waals surface area (Å²) in [4.78, 5) is 12.4. The van der Waals surface area contributed by atoms with Crippen LogP contribution in [0.15, 0.2) is 54.9 Å². The number of anilines is 2. The zero-order valence-electron chi connectivity index (χ0n) is 14.4. The quantitative estimate of drug-likeness (QED) is 0.552. The maximum atomic E-state index is 4.71. The highest BCUT2D eigenvalue weighted by Crippen LogP contribution is 2.36. The van der Waals surface area contributed by atoms with Crippen molar-refractivity contribution in [2.75, 3.05) is 19.1 Å². The molecule has 0 aliphatic rings. The van der Waals surface area contributed by atoms with Crippen LogP contribution < -0.4 is 5.01 Å². The molecule has 0 spiro atoms. The lowest BCUT2D eigenvalue weighted by molar-refractivity contribution is 0.419. The molecular formula is C19H20ClN5. The smallest absolute Gasteiger partial charge is 0.0932 e. The molecule has 2 aromatic heterocycles. The summed E-state index contributed by atoms with van der Waals surface area (Å²) in [5.74, 6) is 0. The number of hydrazine groups is 1. The molecular weight excluding hydrogens is 334 g/mol. The van der Waals surface area contributed by atoms with Gasteiger partial charge in [0.1, 0.15) is 0 Å². The van der Waals surface area contributed by atoms with Crippen LogP contribution in [0.1, 0.15) is 5.69 Å². The van der Waals surface area contributed by atoms with Crippen molar-refractivity contribution in [3.8, 4) is 0 Å². The Labute approximate surface area is 152 Å². The summed E-state index contributed by atoms with van der Waals surface area (Å²) in [6.07, 6.45) is 1.73. The first-order chi connectivity index (χ1) is 11.6. The number of benzene rings is 2. The molecule has 0 atom stereocenters. The van der Waals surface area contributed by atoms with E-state index in [1.165, 1.54) is 0 Å². The summed E-state index contributed by atoms with van der Waals surface area (Å²) < 4.78 is 0. The molecule has 5 nitrogen and oxygen atoms in total. The minimum absolute atomic E-state index is 0. The van der Waals surface area contributed by atoms with Gasteiger partial charge in [0.25, 0.3) is 0 Å². The summed E-state index contributed by atoms with van der Waals surface area (Å²) in [6, 6.07) is 16.5. The number of para-hydroxylation sites is 1. The molecule has 0 bridgehead atoms. The first-order valence-electron chi connectivity index (χ1n) is 7.91. The van der Waals surface area contributed by atoms with Gasteiger partial charge in [-0.25, -0.2) is 9.99 Å². The summed E-state index contributed by atoms with van der Waals surface area (Å²) in [7, 11) is 4.09. The molecule has 25 heavy (non-hydrogen) atoms. The van der Waals surface area contributed by atoms with E-state index < -0.39 is 0 Å². The van der Waals surface area contributed by atoms with Crippen molar-refractivity contribution in [3.63, 3.8) is 0 Å². The van der Waals surface area contributed by atoms with Crippen LogP contribution in [-0.2, 0) is 0 Å². The number of halogens is 1. The third kappa shape index (κ3) is 2.92. The van der Waals surface area contributed by atoms with Crippen LogP contribution >= 0.6 is 12.4 Å². The Morgan fingerprint density at radius 1 is 0.960 bits per heavy atom. The Hall–Kier alpha value is -2.63. The molecule has 2 heterocycles. The van der Waals surface area contributed by atoms with E-state index in [-0.39, 0.29) is 12.4 Å². The molecule has 0 aliphatic carbocycles. The van der Waals surface area contributed by atoms with Gasteiger partial charge in [0, 0.05) is 19.8 Å². The molecule has 128 valence electrons. The van der Waals surface area contributed by atoms with E-state index in [2.05, 4.69) is 38.2 Å². The molecule has 0 aliphatic heterocycles. The Bertz CT molecular complexity index is 1010. The van der Waals surface area contributed by atoms with Gasteiger partial charge in [0.15, 0.2) is 0 Å². The highest BCUT2D eigenvalue weighted by Gasteiger charge is 2.18. The van der Waals surface area contributed by atoms with Gasteiger partial charge in [0.2, 0.25) is 0 Å². The molecule has 0 radical (unpaired) electrons. The maximum absolute atomic E-state index is 4.71. The van der Waals surface area contributed by atoms with Crippen LogP contribution in [0.2, 0.25) is 0 Å². The lowest BCUT2D eigenvalue weighted by Gasteiger charge is -2.32. The Morgan fingerprint density at radius 3 is 2.40 bits per heavy atom. The van der Waals surface area contributed by atoms with Gasteiger partial charge in [0.05, 0.1) is 39.6 Å². The molecule has 0 fully saturated rings. The largest absolute Gasteiger partial charge is 0.344 e. The minimum atomic E-state index is 0. The number of nitrogens with one attached hydrogen (secondary N) is 1. The van der Waals surface area contributed by atoms with Crippen LogP contribution in [0.5, 0.6) is 0 Å². The van der Waals surface area contributed by atoms with E-state index >= 15 is 0 Å². The topological polar surface area (TPSA) is 48.0 Å². The van der Waals surface area contributed by atoms with Crippen LogP contribution in [0.3, 0.4) is 0 Å². The zero-order chi connectivity index (χ0) is 16.7. The van der Waals surface area contributed by atoms with E-state index in [0.29, 0.717) is 0 Å². The number of aryl methyl sites for hydroxylation is 1. The fourth-order valence-electron chi connectivity index (χ4n) is 3.17. The SMILES string of the molecule is Cc1cc(N(c2ccccc2)N(C)C)c2c(ccc3nc[nH]c32)n1.Cl. The fourth-order valence-corrected chi connectivity index (χ4v) is 3.17. The predicted octanol–water partition coefficient (Wildman–Crippen LogP) is 4.46. The Kier molecular flexibility index (Phi) is 4.61. The van der Waals surface area contributed by atoms with Crippen LogP contribution in [0.25, 0.3) is 21.9 Å². The van der Waals surface area contributed by atoms with Crippen molar-refractivity contribution in [2.24, 2.45) is 0 Å². The van der Waals surface area contributed by atoms with Gasteiger partial charge >= 0.3 is 0 Å². The van der Waals surface area contributed by atoms with Gasteiger partial charge in [-0.15, -0.1) is 12.4 Å². The fraction of sp³-hybridized carbons (Fsp3) is 0.158. The normalized spacial score (nSPS) is 11.0. The van der Waals surface area contributed by atoms with Crippen molar-refractivity contribution in [2.45, 2.75) is 6.92 Å². The predicted molar refractivity (Wildman–Crippen MR) is 106 cm³/mol. The Balaban J connectivity index is 0.00000182. The van der Waals surface area contributed by atoms with Crippen molar-refractivity contribution in [1.82, 2.24) is 20.0 Å². The van der Waals surface area contributed by atoms with Crippen molar-refractivity contribution in [1.29, 1.82) is 0 Å². The minimum Gasteiger partial charge on any atom is -0.344 e. The number of aromatic nitrogens is 3. The van der Waals surface area contributed by atoms with Crippen molar-refractivity contribution in [3.05, 3.63) is 60.6 Å².